The Morgan fingerprint density at radius 1 is 1.33 bits per heavy atom. The van der Waals surface area contributed by atoms with Crippen LogP contribution < -0.4 is 5.32 Å². The van der Waals surface area contributed by atoms with Gasteiger partial charge in [0.1, 0.15) is 0 Å². The summed E-state index contributed by atoms with van der Waals surface area (Å²) in [5.41, 5.74) is 2.66. The number of nitrogens with zero attached hydrogens (tertiary/aromatic N) is 2. The number of benzene rings is 1. The van der Waals surface area contributed by atoms with Gasteiger partial charge in [-0.15, -0.1) is 0 Å². The molecule has 0 aliphatic carbocycles. The second-order valence-electron chi connectivity index (χ2n) is 6.08. The van der Waals surface area contributed by atoms with Crippen LogP contribution in [0.15, 0.2) is 36.8 Å². The van der Waals surface area contributed by atoms with Crippen molar-refractivity contribution in [2.45, 2.75) is 38.1 Å². The molecule has 1 N–H and O–H groups in total. The summed E-state index contributed by atoms with van der Waals surface area (Å²) in [6.07, 6.45) is 5.13. The van der Waals surface area contributed by atoms with E-state index in [4.69, 9.17) is 11.6 Å². The van der Waals surface area contributed by atoms with Gasteiger partial charge in [0.05, 0.1) is 6.33 Å². The van der Waals surface area contributed by atoms with E-state index in [1.54, 1.807) is 0 Å². The number of rotatable bonds is 3. The third kappa shape index (κ3) is 2.99. The van der Waals surface area contributed by atoms with Gasteiger partial charge in [-0.1, -0.05) is 23.7 Å². The predicted molar refractivity (Wildman–Crippen MR) is 87.0 cm³/mol. The third-order valence-corrected chi connectivity index (χ3v) is 4.63. The number of hydrogen-bond donors (Lipinski definition) is 1. The van der Waals surface area contributed by atoms with Gasteiger partial charge in [0.15, 0.2) is 0 Å². The van der Waals surface area contributed by atoms with E-state index in [1.807, 2.05) is 24.7 Å². The number of aromatic nitrogens is 2. The van der Waals surface area contributed by atoms with Crippen LogP contribution in [0.25, 0.3) is 0 Å². The first-order valence-corrected chi connectivity index (χ1v) is 8.02. The molecule has 0 radical (unpaired) electrons. The van der Waals surface area contributed by atoms with Crippen molar-refractivity contribution in [2.24, 2.45) is 0 Å². The van der Waals surface area contributed by atoms with Gasteiger partial charge in [-0.25, -0.2) is 4.98 Å². The van der Waals surface area contributed by atoms with Crippen LogP contribution in [0.1, 0.15) is 49.4 Å². The second kappa shape index (κ2) is 6.20. The lowest BCUT2D eigenvalue weighted by molar-refractivity contribution is 0.381. The van der Waals surface area contributed by atoms with E-state index >= 15 is 0 Å². The van der Waals surface area contributed by atoms with E-state index in [-0.39, 0.29) is 0 Å². The molecular formula is C17H22ClN3. The Morgan fingerprint density at radius 3 is 2.95 bits per heavy atom. The summed E-state index contributed by atoms with van der Waals surface area (Å²) in [5.74, 6) is 0.946. The third-order valence-electron chi connectivity index (χ3n) is 4.39. The maximum Gasteiger partial charge on any atom is 0.0950 e. The Balaban J connectivity index is 1.96. The smallest absolute Gasteiger partial charge is 0.0950 e. The Morgan fingerprint density at radius 2 is 2.19 bits per heavy atom. The zero-order valence-electron chi connectivity index (χ0n) is 12.6. The molecule has 0 bridgehead atoms. The molecule has 0 amide bonds. The van der Waals surface area contributed by atoms with E-state index in [0.29, 0.717) is 17.9 Å². The lowest BCUT2D eigenvalue weighted by Crippen LogP contribution is -2.35. The zero-order chi connectivity index (χ0) is 14.8. The molecule has 1 aliphatic rings. The maximum absolute atomic E-state index is 6.18. The number of hydrogen-bond acceptors (Lipinski definition) is 2. The Kier molecular flexibility index (Phi) is 4.32. The minimum absolute atomic E-state index is 0.442. The summed E-state index contributed by atoms with van der Waals surface area (Å²) in [6.45, 7) is 6.47. The summed E-state index contributed by atoms with van der Waals surface area (Å²) in [6, 6.07) is 8.71. The minimum atomic E-state index is 0.442. The lowest BCUT2D eigenvalue weighted by atomic mass is 9.79. The van der Waals surface area contributed by atoms with Crippen molar-refractivity contribution in [3.63, 3.8) is 0 Å². The summed E-state index contributed by atoms with van der Waals surface area (Å²) in [5, 5.41) is 4.33. The van der Waals surface area contributed by atoms with Crippen molar-refractivity contribution in [3.05, 3.63) is 53.1 Å². The number of nitrogens with one attached hydrogen (secondary N) is 1. The fraction of sp³-hybridized carbons (Fsp3) is 0.471. The van der Waals surface area contributed by atoms with Crippen molar-refractivity contribution in [3.8, 4) is 0 Å². The van der Waals surface area contributed by atoms with E-state index in [2.05, 4.69) is 40.8 Å². The molecule has 1 aliphatic heterocycles. The van der Waals surface area contributed by atoms with Gasteiger partial charge in [-0.3, -0.25) is 0 Å². The van der Waals surface area contributed by atoms with Crippen molar-refractivity contribution in [1.82, 2.24) is 14.9 Å². The molecule has 4 heteroatoms. The fourth-order valence-corrected chi connectivity index (χ4v) is 3.53. The molecule has 2 heterocycles. The molecule has 21 heavy (non-hydrogen) atoms. The van der Waals surface area contributed by atoms with Crippen LogP contribution >= 0.6 is 11.6 Å². The van der Waals surface area contributed by atoms with E-state index in [0.717, 1.165) is 24.5 Å². The highest BCUT2D eigenvalue weighted by molar-refractivity contribution is 6.30. The topological polar surface area (TPSA) is 29.9 Å². The normalized spacial score (nSPS) is 22.7. The fourth-order valence-electron chi connectivity index (χ4n) is 3.33. The average Bonchev–Trinajstić information content (AvgIpc) is 2.97. The zero-order valence-corrected chi connectivity index (χ0v) is 13.3. The highest BCUT2D eigenvalue weighted by Crippen LogP contribution is 2.38. The number of halogens is 1. The highest BCUT2D eigenvalue weighted by atomic mass is 35.5. The molecule has 1 aromatic heterocycles. The Hall–Kier alpha value is -1.32. The number of imidazole rings is 1. The molecule has 1 aromatic carbocycles. The van der Waals surface area contributed by atoms with Crippen molar-refractivity contribution >= 4 is 11.6 Å². The number of piperidine rings is 1. The van der Waals surface area contributed by atoms with E-state index < -0.39 is 0 Å². The first kappa shape index (κ1) is 14.6. The van der Waals surface area contributed by atoms with Crippen LogP contribution in [0, 0.1) is 0 Å². The largest absolute Gasteiger partial charge is 0.332 e. The van der Waals surface area contributed by atoms with Crippen molar-refractivity contribution in [1.29, 1.82) is 0 Å². The Labute approximate surface area is 131 Å². The molecule has 3 rings (SSSR count). The molecule has 2 aromatic rings. The van der Waals surface area contributed by atoms with Crippen LogP contribution in [0.2, 0.25) is 5.02 Å². The average molecular weight is 304 g/mol. The van der Waals surface area contributed by atoms with Crippen LogP contribution in [0.4, 0.5) is 0 Å². The van der Waals surface area contributed by atoms with E-state index in [1.165, 1.54) is 11.3 Å². The first-order valence-electron chi connectivity index (χ1n) is 7.64. The summed E-state index contributed by atoms with van der Waals surface area (Å²) < 4.78 is 2.30. The molecule has 1 fully saturated rings. The van der Waals surface area contributed by atoms with Crippen LogP contribution in [-0.2, 0) is 0 Å². The van der Waals surface area contributed by atoms with Gasteiger partial charge in [-0.2, -0.15) is 0 Å². The summed E-state index contributed by atoms with van der Waals surface area (Å²) >= 11 is 6.18. The maximum atomic E-state index is 6.18. The molecular weight excluding hydrogens is 282 g/mol. The molecule has 0 spiro atoms. The standard InChI is InChI=1S/C17H22ClN3/c1-12(2)21-11-20-10-17(21)15-6-7-19-9-16(15)13-4-3-5-14(18)8-13/h3-5,8,10-12,15-16,19H,6-7,9H2,1-2H3. The minimum Gasteiger partial charge on any atom is -0.332 e. The summed E-state index contributed by atoms with van der Waals surface area (Å²) in [7, 11) is 0. The Bertz CT molecular complexity index is 606. The van der Waals surface area contributed by atoms with Crippen LogP contribution in [-0.4, -0.2) is 22.6 Å². The summed E-state index contributed by atoms with van der Waals surface area (Å²) in [4.78, 5) is 4.38. The molecule has 2 atom stereocenters. The van der Waals surface area contributed by atoms with Crippen molar-refractivity contribution < 1.29 is 0 Å². The van der Waals surface area contributed by atoms with Gasteiger partial charge >= 0.3 is 0 Å². The van der Waals surface area contributed by atoms with Gasteiger partial charge < -0.3 is 9.88 Å². The van der Waals surface area contributed by atoms with Gasteiger partial charge in [0.2, 0.25) is 0 Å². The predicted octanol–water partition coefficient (Wildman–Crippen LogP) is 3.98. The van der Waals surface area contributed by atoms with Gasteiger partial charge in [-0.05, 0) is 44.5 Å². The molecule has 0 saturated carbocycles. The van der Waals surface area contributed by atoms with Crippen molar-refractivity contribution in [2.75, 3.05) is 13.1 Å². The first-order chi connectivity index (χ1) is 10.2. The van der Waals surface area contributed by atoms with E-state index in [9.17, 15) is 0 Å². The lowest BCUT2D eigenvalue weighted by Gasteiger charge is -2.33. The van der Waals surface area contributed by atoms with Gasteiger partial charge in [0.25, 0.3) is 0 Å². The monoisotopic (exact) mass is 303 g/mol. The SMILES string of the molecule is CC(C)n1cncc1C1CCNCC1c1cccc(Cl)c1. The second-order valence-corrected chi connectivity index (χ2v) is 6.52. The van der Waals surface area contributed by atoms with Gasteiger partial charge in [0, 0.05) is 41.3 Å². The molecule has 1 saturated heterocycles. The highest BCUT2D eigenvalue weighted by Gasteiger charge is 2.30. The molecule has 2 unspecified atom stereocenters. The quantitative estimate of drug-likeness (QED) is 0.929. The van der Waals surface area contributed by atoms with Crippen LogP contribution in [0.3, 0.4) is 0 Å². The van der Waals surface area contributed by atoms with Crippen LogP contribution in [0.5, 0.6) is 0 Å². The molecule has 3 nitrogen and oxygen atoms in total. The molecule has 112 valence electrons.